The second-order valence-corrected chi connectivity index (χ2v) is 6.50. The Morgan fingerprint density at radius 1 is 1.00 bits per heavy atom. The second-order valence-electron chi connectivity index (χ2n) is 6.50. The van der Waals surface area contributed by atoms with E-state index in [0.29, 0.717) is 0 Å². The molecule has 0 spiro atoms. The molecule has 0 aromatic heterocycles. The van der Waals surface area contributed by atoms with Gasteiger partial charge < -0.3 is 10.1 Å². The second kappa shape index (κ2) is 8.05. The SMILES string of the molecule is COc1cc(NCCC2CCCCC2)ccc1-c1ccccc1. The van der Waals surface area contributed by atoms with Crippen LogP contribution < -0.4 is 10.1 Å². The van der Waals surface area contributed by atoms with Gasteiger partial charge in [-0.05, 0) is 30.0 Å². The van der Waals surface area contributed by atoms with Gasteiger partial charge in [-0.3, -0.25) is 0 Å². The molecule has 1 fully saturated rings. The van der Waals surface area contributed by atoms with Crippen LogP contribution in [0.3, 0.4) is 0 Å². The number of anilines is 1. The molecule has 0 unspecified atom stereocenters. The van der Waals surface area contributed by atoms with E-state index in [1.165, 1.54) is 44.1 Å². The van der Waals surface area contributed by atoms with Crippen LogP contribution in [0.1, 0.15) is 38.5 Å². The number of ether oxygens (including phenoxy) is 1. The van der Waals surface area contributed by atoms with E-state index in [1.54, 1.807) is 7.11 Å². The molecule has 23 heavy (non-hydrogen) atoms. The fourth-order valence-electron chi connectivity index (χ4n) is 3.55. The minimum Gasteiger partial charge on any atom is -0.496 e. The molecule has 0 aliphatic heterocycles. The van der Waals surface area contributed by atoms with Crippen molar-refractivity contribution in [2.45, 2.75) is 38.5 Å². The minimum atomic E-state index is 0.918. The lowest BCUT2D eigenvalue weighted by atomic mass is 9.87. The predicted molar refractivity (Wildman–Crippen MR) is 98.1 cm³/mol. The summed E-state index contributed by atoms with van der Waals surface area (Å²) in [4.78, 5) is 0. The maximum Gasteiger partial charge on any atom is 0.128 e. The van der Waals surface area contributed by atoms with Crippen LogP contribution in [0.15, 0.2) is 48.5 Å². The summed E-state index contributed by atoms with van der Waals surface area (Å²) in [7, 11) is 1.74. The highest BCUT2D eigenvalue weighted by molar-refractivity contribution is 5.73. The molecule has 0 heterocycles. The van der Waals surface area contributed by atoms with Gasteiger partial charge in [0.2, 0.25) is 0 Å². The number of methoxy groups -OCH3 is 1. The monoisotopic (exact) mass is 309 g/mol. The Morgan fingerprint density at radius 2 is 1.78 bits per heavy atom. The standard InChI is InChI=1S/C21H27NO/c1-23-21-16-19(22-15-14-17-8-4-2-5-9-17)12-13-20(21)18-10-6-3-7-11-18/h3,6-7,10-13,16-17,22H,2,4-5,8-9,14-15H2,1H3. The highest BCUT2D eigenvalue weighted by Crippen LogP contribution is 2.32. The molecule has 1 saturated carbocycles. The van der Waals surface area contributed by atoms with E-state index in [0.717, 1.165) is 29.5 Å². The molecule has 0 radical (unpaired) electrons. The van der Waals surface area contributed by atoms with Crippen LogP contribution >= 0.6 is 0 Å². The van der Waals surface area contributed by atoms with Crippen LogP contribution in [0.25, 0.3) is 11.1 Å². The zero-order chi connectivity index (χ0) is 15.9. The predicted octanol–water partition coefficient (Wildman–Crippen LogP) is 5.74. The number of hydrogen-bond acceptors (Lipinski definition) is 2. The first kappa shape index (κ1) is 15.9. The van der Waals surface area contributed by atoms with E-state index in [4.69, 9.17) is 4.74 Å². The van der Waals surface area contributed by atoms with Crippen LogP contribution in [-0.2, 0) is 0 Å². The Balaban J connectivity index is 1.62. The minimum absolute atomic E-state index is 0.918. The van der Waals surface area contributed by atoms with Gasteiger partial charge in [-0.1, -0.05) is 62.4 Å². The summed E-state index contributed by atoms with van der Waals surface area (Å²) in [6.07, 6.45) is 8.38. The van der Waals surface area contributed by atoms with Gasteiger partial charge in [0.1, 0.15) is 5.75 Å². The quantitative estimate of drug-likeness (QED) is 0.734. The van der Waals surface area contributed by atoms with Crippen LogP contribution in [-0.4, -0.2) is 13.7 Å². The van der Waals surface area contributed by atoms with Crippen molar-refractivity contribution in [1.29, 1.82) is 0 Å². The molecule has 1 aliphatic carbocycles. The molecule has 0 amide bonds. The van der Waals surface area contributed by atoms with Crippen LogP contribution in [0, 0.1) is 5.92 Å². The number of rotatable bonds is 6. The lowest BCUT2D eigenvalue weighted by Gasteiger charge is -2.21. The Hall–Kier alpha value is -1.96. The molecule has 3 rings (SSSR count). The van der Waals surface area contributed by atoms with Gasteiger partial charge in [0.15, 0.2) is 0 Å². The summed E-state index contributed by atoms with van der Waals surface area (Å²) in [5, 5.41) is 3.57. The van der Waals surface area contributed by atoms with Gasteiger partial charge >= 0.3 is 0 Å². The zero-order valence-electron chi connectivity index (χ0n) is 14.1. The summed E-state index contributed by atoms with van der Waals surface area (Å²) in [5.74, 6) is 1.85. The lowest BCUT2D eigenvalue weighted by molar-refractivity contribution is 0.345. The van der Waals surface area contributed by atoms with Gasteiger partial charge in [0.25, 0.3) is 0 Å². The zero-order valence-corrected chi connectivity index (χ0v) is 14.1. The van der Waals surface area contributed by atoms with Crippen LogP contribution in [0.5, 0.6) is 5.75 Å². The Labute approximate surface area is 139 Å². The molecule has 122 valence electrons. The molecule has 0 bridgehead atoms. The van der Waals surface area contributed by atoms with Crippen molar-refractivity contribution in [3.63, 3.8) is 0 Å². The molecule has 0 saturated heterocycles. The van der Waals surface area contributed by atoms with E-state index < -0.39 is 0 Å². The fraction of sp³-hybridized carbons (Fsp3) is 0.429. The highest BCUT2D eigenvalue weighted by Gasteiger charge is 2.13. The van der Waals surface area contributed by atoms with Gasteiger partial charge in [-0.15, -0.1) is 0 Å². The van der Waals surface area contributed by atoms with Crippen molar-refractivity contribution < 1.29 is 4.74 Å². The average Bonchev–Trinajstić information content (AvgIpc) is 2.63. The number of hydrogen-bond donors (Lipinski definition) is 1. The van der Waals surface area contributed by atoms with Crippen LogP contribution in [0.2, 0.25) is 0 Å². The largest absolute Gasteiger partial charge is 0.496 e. The smallest absolute Gasteiger partial charge is 0.128 e. The first-order valence-electron chi connectivity index (χ1n) is 8.84. The Morgan fingerprint density at radius 3 is 2.52 bits per heavy atom. The van der Waals surface area contributed by atoms with Crippen LogP contribution in [0.4, 0.5) is 5.69 Å². The van der Waals surface area contributed by atoms with Gasteiger partial charge in [0, 0.05) is 23.9 Å². The van der Waals surface area contributed by atoms with E-state index in [9.17, 15) is 0 Å². The van der Waals surface area contributed by atoms with E-state index >= 15 is 0 Å². The summed E-state index contributed by atoms with van der Waals surface area (Å²) in [6.45, 7) is 1.05. The average molecular weight is 309 g/mol. The van der Waals surface area contributed by atoms with Crippen molar-refractivity contribution in [3.05, 3.63) is 48.5 Å². The van der Waals surface area contributed by atoms with Crippen molar-refractivity contribution in [1.82, 2.24) is 0 Å². The molecule has 1 aliphatic rings. The molecular formula is C21H27NO. The first-order valence-corrected chi connectivity index (χ1v) is 8.84. The topological polar surface area (TPSA) is 21.3 Å². The molecular weight excluding hydrogens is 282 g/mol. The normalized spacial score (nSPS) is 15.3. The van der Waals surface area contributed by atoms with Gasteiger partial charge in [-0.2, -0.15) is 0 Å². The maximum absolute atomic E-state index is 5.60. The molecule has 2 aromatic carbocycles. The maximum atomic E-state index is 5.60. The third kappa shape index (κ3) is 4.28. The van der Waals surface area contributed by atoms with E-state index in [1.807, 2.05) is 6.07 Å². The Bertz CT molecular complexity index is 602. The van der Waals surface area contributed by atoms with Crippen molar-refractivity contribution in [2.75, 3.05) is 19.0 Å². The van der Waals surface area contributed by atoms with E-state index in [2.05, 4.69) is 47.8 Å². The molecule has 1 N–H and O–H groups in total. The van der Waals surface area contributed by atoms with Crippen molar-refractivity contribution in [3.8, 4) is 16.9 Å². The molecule has 2 nitrogen and oxygen atoms in total. The van der Waals surface area contributed by atoms with E-state index in [-0.39, 0.29) is 0 Å². The van der Waals surface area contributed by atoms with Gasteiger partial charge in [0.05, 0.1) is 7.11 Å². The fourth-order valence-corrected chi connectivity index (χ4v) is 3.55. The third-order valence-corrected chi connectivity index (χ3v) is 4.89. The molecule has 2 heteroatoms. The summed E-state index contributed by atoms with van der Waals surface area (Å²) < 4.78 is 5.60. The first-order chi connectivity index (χ1) is 11.4. The molecule has 0 atom stereocenters. The van der Waals surface area contributed by atoms with Gasteiger partial charge in [-0.25, -0.2) is 0 Å². The summed E-state index contributed by atoms with van der Waals surface area (Å²) in [5.41, 5.74) is 3.49. The Kier molecular flexibility index (Phi) is 5.57. The lowest BCUT2D eigenvalue weighted by Crippen LogP contribution is -2.12. The highest BCUT2D eigenvalue weighted by atomic mass is 16.5. The third-order valence-electron chi connectivity index (χ3n) is 4.89. The van der Waals surface area contributed by atoms with Crippen molar-refractivity contribution in [2.24, 2.45) is 5.92 Å². The summed E-state index contributed by atoms with van der Waals surface area (Å²) >= 11 is 0. The number of nitrogens with one attached hydrogen (secondary N) is 1. The summed E-state index contributed by atoms with van der Waals surface area (Å²) in [6, 6.07) is 16.8. The van der Waals surface area contributed by atoms with Crippen molar-refractivity contribution >= 4 is 5.69 Å². The molecule has 2 aromatic rings. The number of benzene rings is 2.